The van der Waals surface area contributed by atoms with E-state index in [1.54, 1.807) is 0 Å². The number of alkyl halides is 2. The van der Waals surface area contributed by atoms with Gasteiger partial charge in [-0.25, -0.2) is 26.8 Å². The van der Waals surface area contributed by atoms with Crippen LogP contribution < -0.4 is 14.6 Å². The van der Waals surface area contributed by atoms with Crippen molar-refractivity contribution >= 4 is 43.6 Å². The van der Waals surface area contributed by atoms with Crippen LogP contribution in [0.3, 0.4) is 0 Å². The van der Waals surface area contributed by atoms with E-state index in [9.17, 15) is 35.2 Å². The number of Topliss-reactive ketones (excluding diaryl/α,β-unsaturated/α-hetero) is 1. The maximum Gasteiger partial charge on any atom is 0.387 e. The summed E-state index contributed by atoms with van der Waals surface area (Å²) in [6.07, 6.45) is 2.37. The molecule has 3 aromatic rings. The average molecular weight is 567 g/mol. The predicted octanol–water partition coefficient (Wildman–Crippen LogP) is 3.18. The molecule has 0 aliphatic heterocycles. The Bertz CT molecular complexity index is 1560. The molecule has 0 radical (unpaired) electrons. The number of carbonyl (C=O) groups excluding carboxylic acids is 2. The second-order valence-electron chi connectivity index (χ2n) is 7.51. The number of nitrogens with one attached hydrogen (secondary N) is 1. The lowest BCUT2D eigenvalue weighted by molar-refractivity contribution is -0.136. The standard InChI is InChI=1S/C24H20F2N2O8S2/c25-24(26)36-19-9-7-17(8-10-19)22(29)15-35-23(30)13-6-16-4-11-20(12-5-16)38(33,34)28-18-2-1-3-21(14-18)37(27,31)32/h1-14,24,28H,15H2,(H2,27,31,32). The van der Waals surface area contributed by atoms with E-state index in [-0.39, 0.29) is 26.8 Å². The summed E-state index contributed by atoms with van der Waals surface area (Å²) >= 11 is 0. The average Bonchev–Trinajstić information content (AvgIpc) is 2.86. The Morgan fingerprint density at radius 3 is 2.18 bits per heavy atom. The van der Waals surface area contributed by atoms with Crippen LogP contribution in [0.2, 0.25) is 0 Å². The summed E-state index contributed by atoms with van der Waals surface area (Å²) in [6, 6.07) is 15.2. The zero-order valence-corrected chi connectivity index (χ0v) is 20.9. The highest BCUT2D eigenvalue weighted by Crippen LogP contribution is 2.20. The van der Waals surface area contributed by atoms with Crippen molar-refractivity contribution in [1.29, 1.82) is 0 Å². The lowest BCUT2D eigenvalue weighted by Crippen LogP contribution is -2.15. The lowest BCUT2D eigenvalue weighted by Gasteiger charge is -2.09. The van der Waals surface area contributed by atoms with Crippen LogP contribution in [0, 0.1) is 0 Å². The zero-order valence-electron chi connectivity index (χ0n) is 19.3. The first-order valence-electron chi connectivity index (χ1n) is 10.5. The van der Waals surface area contributed by atoms with Crippen LogP contribution in [0.15, 0.2) is 88.7 Å². The van der Waals surface area contributed by atoms with Crippen molar-refractivity contribution in [3.63, 3.8) is 0 Å². The minimum Gasteiger partial charge on any atom is -0.454 e. The Morgan fingerprint density at radius 1 is 0.921 bits per heavy atom. The van der Waals surface area contributed by atoms with E-state index < -0.39 is 45.0 Å². The van der Waals surface area contributed by atoms with E-state index in [1.165, 1.54) is 72.8 Å². The molecule has 38 heavy (non-hydrogen) atoms. The number of halogens is 2. The van der Waals surface area contributed by atoms with E-state index in [0.29, 0.717) is 5.56 Å². The van der Waals surface area contributed by atoms with Crippen LogP contribution >= 0.6 is 0 Å². The molecule has 0 saturated carbocycles. The smallest absolute Gasteiger partial charge is 0.387 e. The normalized spacial score (nSPS) is 11.9. The summed E-state index contributed by atoms with van der Waals surface area (Å²) in [5, 5.41) is 5.06. The highest BCUT2D eigenvalue weighted by molar-refractivity contribution is 7.92. The van der Waals surface area contributed by atoms with Gasteiger partial charge in [-0.1, -0.05) is 18.2 Å². The first-order chi connectivity index (χ1) is 17.8. The van der Waals surface area contributed by atoms with Gasteiger partial charge < -0.3 is 9.47 Å². The number of anilines is 1. The first-order valence-corrected chi connectivity index (χ1v) is 13.5. The van der Waals surface area contributed by atoms with Gasteiger partial charge in [-0.2, -0.15) is 8.78 Å². The molecule has 0 fully saturated rings. The quantitative estimate of drug-likeness (QED) is 0.203. The van der Waals surface area contributed by atoms with Gasteiger partial charge >= 0.3 is 12.6 Å². The number of carbonyl (C=O) groups is 2. The number of nitrogens with two attached hydrogens (primary N) is 1. The molecule has 3 N–H and O–H groups in total. The lowest BCUT2D eigenvalue weighted by atomic mass is 10.1. The van der Waals surface area contributed by atoms with Crippen LogP contribution in [0.5, 0.6) is 5.75 Å². The van der Waals surface area contributed by atoms with Gasteiger partial charge in [0, 0.05) is 11.6 Å². The molecular formula is C24H20F2N2O8S2. The van der Waals surface area contributed by atoms with Crippen molar-refractivity contribution in [3.8, 4) is 5.75 Å². The van der Waals surface area contributed by atoms with Crippen molar-refractivity contribution in [2.24, 2.45) is 5.14 Å². The molecule has 0 saturated heterocycles. The van der Waals surface area contributed by atoms with Crippen LogP contribution in [-0.4, -0.2) is 41.8 Å². The molecule has 3 aromatic carbocycles. The Labute approximate surface area is 216 Å². The van der Waals surface area contributed by atoms with Crippen LogP contribution in [0.25, 0.3) is 6.08 Å². The van der Waals surface area contributed by atoms with Crippen molar-refractivity contribution in [3.05, 3.63) is 90.0 Å². The third kappa shape index (κ3) is 8.19. The molecule has 14 heteroatoms. The van der Waals surface area contributed by atoms with E-state index in [0.717, 1.165) is 12.1 Å². The number of hydrogen-bond donors (Lipinski definition) is 2. The number of ketones is 1. The minimum absolute atomic E-state index is 0.00442. The van der Waals surface area contributed by atoms with E-state index >= 15 is 0 Å². The second-order valence-corrected chi connectivity index (χ2v) is 10.8. The van der Waals surface area contributed by atoms with Gasteiger partial charge in [-0.3, -0.25) is 9.52 Å². The van der Waals surface area contributed by atoms with Gasteiger partial charge in [0.25, 0.3) is 10.0 Å². The zero-order chi connectivity index (χ0) is 27.9. The fourth-order valence-electron chi connectivity index (χ4n) is 2.96. The molecular weight excluding hydrogens is 546 g/mol. The Hall–Kier alpha value is -4.14. The van der Waals surface area contributed by atoms with Gasteiger partial charge in [-0.05, 0) is 66.2 Å². The molecule has 0 atom stereocenters. The highest BCUT2D eigenvalue weighted by atomic mass is 32.2. The van der Waals surface area contributed by atoms with E-state index in [4.69, 9.17) is 9.88 Å². The van der Waals surface area contributed by atoms with Crippen molar-refractivity contribution in [2.75, 3.05) is 11.3 Å². The minimum atomic E-state index is -4.06. The van der Waals surface area contributed by atoms with Gasteiger partial charge in [-0.15, -0.1) is 0 Å². The largest absolute Gasteiger partial charge is 0.454 e. The number of sulfonamides is 2. The number of benzene rings is 3. The van der Waals surface area contributed by atoms with E-state index in [1.807, 2.05) is 0 Å². The maximum atomic E-state index is 12.6. The third-order valence-corrected chi connectivity index (χ3v) is 7.07. The molecule has 10 nitrogen and oxygen atoms in total. The molecule has 0 aromatic heterocycles. The van der Waals surface area contributed by atoms with Crippen LogP contribution in [0.1, 0.15) is 15.9 Å². The third-order valence-electron chi connectivity index (χ3n) is 4.76. The molecule has 0 bridgehead atoms. The number of esters is 1. The summed E-state index contributed by atoms with van der Waals surface area (Å²) in [7, 11) is -8.08. The summed E-state index contributed by atoms with van der Waals surface area (Å²) in [5.74, 6) is -1.53. The summed E-state index contributed by atoms with van der Waals surface area (Å²) < 4.78 is 83.8. The number of ether oxygens (including phenoxy) is 2. The van der Waals surface area contributed by atoms with E-state index in [2.05, 4.69) is 9.46 Å². The van der Waals surface area contributed by atoms with Crippen molar-refractivity contribution in [1.82, 2.24) is 0 Å². The van der Waals surface area contributed by atoms with Gasteiger partial charge in [0.2, 0.25) is 10.0 Å². The molecule has 0 aliphatic carbocycles. The van der Waals surface area contributed by atoms with Crippen LogP contribution in [0.4, 0.5) is 14.5 Å². The second kappa shape index (κ2) is 11.9. The van der Waals surface area contributed by atoms with Gasteiger partial charge in [0.05, 0.1) is 15.5 Å². The number of primary sulfonamides is 1. The first kappa shape index (κ1) is 28.4. The fraction of sp³-hybridized carbons (Fsp3) is 0.0833. The number of rotatable bonds is 11. The molecule has 0 aliphatic rings. The number of hydrogen-bond acceptors (Lipinski definition) is 8. The SMILES string of the molecule is NS(=O)(=O)c1cccc(NS(=O)(=O)c2ccc(C=CC(=O)OCC(=O)c3ccc(OC(F)F)cc3)cc2)c1. The summed E-state index contributed by atoms with van der Waals surface area (Å²) in [6.45, 7) is -3.59. The molecule has 0 unspecified atom stereocenters. The van der Waals surface area contributed by atoms with Gasteiger partial charge in [0.15, 0.2) is 12.4 Å². The molecule has 0 amide bonds. The van der Waals surface area contributed by atoms with Gasteiger partial charge in [0.1, 0.15) is 5.75 Å². The molecule has 0 spiro atoms. The molecule has 200 valence electrons. The summed E-state index contributed by atoms with van der Waals surface area (Å²) in [5.41, 5.74) is 0.568. The predicted molar refractivity (Wildman–Crippen MR) is 132 cm³/mol. The van der Waals surface area contributed by atoms with Crippen molar-refractivity contribution < 1.29 is 44.7 Å². The molecule has 0 heterocycles. The fourth-order valence-corrected chi connectivity index (χ4v) is 4.57. The highest BCUT2D eigenvalue weighted by Gasteiger charge is 2.16. The Morgan fingerprint density at radius 2 is 1.58 bits per heavy atom. The van der Waals surface area contributed by atoms with Crippen molar-refractivity contribution in [2.45, 2.75) is 16.4 Å². The monoisotopic (exact) mass is 566 g/mol. The Kier molecular flexibility index (Phi) is 8.93. The van der Waals surface area contributed by atoms with Crippen LogP contribution in [-0.2, 0) is 29.6 Å². The Balaban J connectivity index is 1.56. The summed E-state index contributed by atoms with van der Waals surface area (Å²) in [4.78, 5) is 23.6. The maximum absolute atomic E-state index is 12.6. The molecule has 3 rings (SSSR count). The topological polar surface area (TPSA) is 159 Å².